The number of benzene rings is 1. The molecule has 0 aliphatic carbocycles. The van der Waals surface area contributed by atoms with E-state index in [0.717, 1.165) is 16.0 Å². The Balaban J connectivity index is 2.08. The van der Waals surface area contributed by atoms with Crippen LogP contribution in [0.3, 0.4) is 0 Å². The predicted molar refractivity (Wildman–Crippen MR) is 75.2 cm³/mol. The Morgan fingerprint density at radius 3 is 2.95 bits per heavy atom. The lowest BCUT2D eigenvalue weighted by molar-refractivity contribution is -0.385. The molecule has 100 valence electrons. The van der Waals surface area contributed by atoms with E-state index in [0.29, 0.717) is 6.54 Å². The summed E-state index contributed by atoms with van der Waals surface area (Å²) in [4.78, 5) is 15.7. The maximum Gasteiger partial charge on any atom is 0.272 e. The molecule has 0 aliphatic heterocycles. The van der Waals surface area contributed by atoms with Gasteiger partial charge in [0.15, 0.2) is 0 Å². The molecule has 1 aromatic heterocycles. The Kier molecular flexibility index (Phi) is 4.24. The van der Waals surface area contributed by atoms with Crippen LogP contribution in [0.15, 0.2) is 29.9 Å². The quantitative estimate of drug-likeness (QED) is 0.673. The van der Waals surface area contributed by atoms with Crippen molar-refractivity contribution in [2.45, 2.75) is 26.4 Å². The SMILES string of the molecule is Cc1c(CNC(C)c2cncs2)cccc1[N+](=O)[O-]. The number of nitro groups is 1. The second-order valence-electron chi connectivity index (χ2n) is 4.32. The molecule has 2 rings (SSSR count). The molecule has 19 heavy (non-hydrogen) atoms. The van der Waals surface area contributed by atoms with Crippen molar-refractivity contribution in [2.75, 3.05) is 0 Å². The minimum Gasteiger partial charge on any atom is -0.305 e. The van der Waals surface area contributed by atoms with Crippen molar-refractivity contribution >= 4 is 17.0 Å². The summed E-state index contributed by atoms with van der Waals surface area (Å²) in [6.07, 6.45) is 1.84. The second kappa shape index (κ2) is 5.90. The Morgan fingerprint density at radius 1 is 1.53 bits per heavy atom. The first-order valence-electron chi connectivity index (χ1n) is 5.94. The van der Waals surface area contributed by atoms with Gasteiger partial charge in [0, 0.05) is 35.3 Å². The summed E-state index contributed by atoms with van der Waals surface area (Å²) in [6, 6.07) is 5.35. The molecule has 0 aliphatic rings. The fraction of sp³-hybridized carbons (Fsp3) is 0.308. The van der Waals surface area contributed by atoms with Crippen LogP contribution in [0.4, 0.5) is 5.69 Å². The summed E-state index contributed by atoms with van der Waals surface area (Å²) >= 11 is 1.60. The zero-order valence-corrected chi connectivity index (χ0v) is 11.6. The number of aromatic nitrogens is 1. The van der Waals surface area contributed by atoms with Gasteiger partial charge < -0.3 is 5.32 Å². The van der Waals surface area contributed by atoms with Gasteiger partial charge in [0.2, 0.25) is 0 Å². The first-order chi connectivity index (χ1) is 9.09. The third kappa shape index (κ3) is 3.15. The van der Waals surface area contributed by atoms with Crippen LogP contribution in [0, 0.1) is 17.0 Å². The van der Waals surface area contributed by atoms with E-state index in [-0.39, 0.29) is 16.7 Å². The Labute approximate surface area is 115 Å². The average molecular weight is 277 g/mol. The van der Waals surface area contributed by atoms with Gasteiger partial charge in [-0.1, -0.05) is 12.1 Å². The fourth-order valence-electron chi connectivity index (χ4n) is 1.86. The van der Waals surface area contributed by atoms with Gasteiger partial charge in [0.05, 0.1) is 10.4 Å². The van der Waals surface area contributed by atoms with Gasteiger partial charge in [-0.15, -0.1) is 11.3 Å². The number of nitro benzene ring substituents is 1. The monoisotopic (exact) mass is 277 g/mol. The van der Waals surface area contributed by atoms with Gasteiger partial charge in [-0.2, -0.15) is 0 Å². The first-order valence-corrected chi connectivity index (χ1v) is 6.82. The summed E-state index contributed by atoms with van der Waals surface area (Å²) in [5.74, 6) is 0. The highest BCUT2D eigenvalue weighted by Crippen LogP contribution is 2.22. The van der Waals surface area contributed by atoms with Crippen molar-refractivity contribution in [3.8, 4) is 0 Å². The molecule has 0 fully saturated rings. The number of hydrogen-bond donors (Lipinski definition) is 1. The van der Waals surface area contributed by atoms with Crippen molar-refractivity contribution in [2.24, 2.45) is 0 Å². The molecule has 2 aromatic rings. The summed E-state index contributed by atoms with van der Waals surface area (Å²) < 4.78 is 0. The molecule has 0 saturated carbocycles. The van der Waals surface area contributed by atoms with Crippen LogP contribution in [0.2, 0.25) is 0 Å². The van der Waals surface area contributed by atoms with Gasteiger partial charge in [0.1, 0.15) is 0 Å². The summed E-state index contributed by atoms with van der Waals surface area (Å²) in [5, 5.41) is 14.2. The molecule has 1 unspecified atom stereocenters. The van der Waals surface area contributed by atoms with Gasteiger partial charge in [-0.3, -0.25) is 15.1 Å². The highest BCUT2D eigenvalue weighted by molar-refractivity contribution is 7.09. The second-order valence-corrected chi connectivity index (χ2v) is 5.24. The molecule has 1 N–H and O–H groups in total. The third-order valence-electron chi connectivity index (χ3n) is 3.09. The Morgan fingerprint density at radius 2 is 2.32 bits per heavy atom. The summed E-state index contributed by atoms with van der Waals surface area (Å²) in [6.45, 7) is 4.44. The molecule has 1 aromatic carbocycles. The van der Waals surface area contributed by atoms with Crippen LogP contribution in [0.25, 0.3) is 0 Å². The van der Waals surface area contributed by atoms with Gasteiger partial charge in [-0.05, 0) is 19.4 Å². The van der Waals surface area contributed by atoms with E-state index in [1.807, 2.05) is 12.3 Å². The van der Waals surface area contributed by atoms with E-state index < -0.39 is 0 Å². The van der Waals surface area contributed by atoms with E-state index in [9.17, 15) is 10.1 Å². The molecular weight excluding hydrogens is 262 g/mol. The molecule has 6 heteroatoms. The van der Waals surface area contributed by atoms with E-state index >= 15 is 0 Å². The maximum atomic E-state index is 10.9. The zero-order chi connectivity index (χ0) is 13.8. The minimum atomic E-state index is -0.342. The fourth-order valence-corrected chi connectivity index (χ4v) is 2.51. The van der Waals surface area contributed by atoms with E-state index in [1.165, 1.54) is 6.07 Å². The number of nitrogens with one attached hydrogen (secondary N) is 1. The predicted octanol–water partition coefficient (Wildman–Crippen LogP) is 3.21. The smallest absolute Gasteiger partial charge is 0.272 e. The Hall–Kier alpha value is -1.79. The maximum absolute atomic E-state index is 10.9. The minimum absolute atomic E-state index is 0.171. The highest BCUT2D eigenvalue weighted by atomic mass is 32.1. The molecule has 0 bridgehead atoms. The average Bonchev–Trinajstić information content (AvgIpc) is 2.90. The van der Waals surface area contributed by atoms with Gasteiger partial charge >= 0.3 is 0 Å². The van der Waals surface area contributed by atoms with Crippen LogP contribution in [-0.2, 0) is 6.54 Å². The van der Waals surface area contributed by atoms with Crippen LogP contribution in [0.1, 0.15) is 29.0 Å². The van der Waals surface area contributed by atoms with E-state index in [2.05, 4.69) is 17.2 Å². The van der Waals surface area contributed by atoms with E-state index in [1.54, 1.807) is 29.8 Å². The van der Waals surface area contributed by atoms with Gasteiger partial charge in [0.25, 0.3) is 5.69 Å². The van der Waals surface area contributed by atoms with Crippen molar-refractivity contribution in [3.63, 3.8) is 0 Å². The molecule has 0 radical (unpaired) electrons. The molecule has 5 nitrogen and oxygen atoms in total. The number of rotatable bonds is 5. The Bertz CT molecular complexity index is 569. The van der Waals surface area contributed by atoms with Gasteiger partial charge in [-0.25, -0.2) is 0 Å². The van der Waals surface area contributed by atoms with Crippen LogP contribution in [0.5, 0.6) is 0 Å². The van der Waals surface area contributed by atoms with Crippen LogP contribution in [-0.4, -0.2) is 9.91 Å². The number of nitrogens with zero attached hydrogens (tertiary/aromatic N) is 2. The lowest BCUT2D eigenvalue weighted by Crippen LogP contribution is -2.18. The topological polar surface area (TPSA) is 68.1 Å². The number of thiazole rings is 1. The number of hydrogen-bond acceptors (Lipinski definition) is 5. The molecule has 1 heterocycles. The summed E-state index contributed by atoms with van der Waals surface area (Å²) in [5.41, 5.74) is 3.64. The molecule has 0 saturated heterocycles. The molecule has 0 amide bonds. The standard InChI is InChI=1S/C13H15N3O2S/c1-9-11(4-3-5-12(9)16(17)18)6-15-10(2)13-7-14-8-19-13/h3-5,7-8,10,15H,6H2,1-2H3. The van der Waals surface area contributed by atoms with Crippen LogP contribution < -0.4 is 5.32 Å². The van der Waals surface area contributed by atoms with Crippen molar-refractivity contribution in [3.05, 3.63) is 56.0 Å². The third-order valence-corrected chi connectivity index (χ3v) is 4.05. The lowest BCUT2D eigenvalue weighted by atomic mass is 10.1. The van der Waals surface area contributed by atoms with Crippen molar-refractivity contribution < 1.29 is 4.92 Å². The lowest BCUT2D eigenvalue weighted by Gasteiger charge is -2.13. The molecule has 0 spiro atoms. The van der Waals surface area contributed by atoms with Crippen LogP contribution >= 0.6 is 11.3 Å². The molecular formula is C13H15N3O2S. The van der Waals surface area contributed by atoms with E-state index in [4.69, 9.17) is 0 Å². The normalized spacial score (nSPS) is 12.3. The first kappa shape index (κ1) is 13.6. The van der Waals surface area contributed by atoms with Crippen molar-refractivity contribution in [1.82, 2.24) is 10.3 Å². The summed E-state index contributed by atoms with van der Waals surface area (Å²) in [7, 11) is 0. The molecule has 1 atom stereocenters. The van der Waals surface area contributed by atoms with Crippen molar-refractivity contribution in [1.29, 1.82) is 0 Å². The largest absolute Gasteiger partial charge is 0.305 e. The highest BCUT2D eigenvalue weighted by Gasteiger charge is 2.14. The zero-order valence-electron chi connectivity index (χ0n) is 10.8.